The second-order valence-electron chi connectivity index (χ2n) is 6.61. The van der Waals surface area contributed by atoms with Gasteiger partial charge < -0.3 is 4.90 Å². The van der Waals surface area contributed by atoms with Gasteiger partial charge in [0.25, 0.3) is 0 Å². The maximum absolute atomic E-state index is 2.61. The molecule has 102 valence electrons. The minimum atomic E-state index is 0.327. The molecule has 0 amide bonds. The Bertz CT molecular complexity index is 327. The minimum Gasteiger partial charge on any atom is -0.372 e. The molecular weight excluding hydrogens is 220 g/mol. The van der Waals surface area contributed by atoms with Crippen LogP contribution in [0.3, 0.4) is 0 Å². The van der Waals surface area contributed by atoms with Gasteiger partial charge in [0.2, 0.25) is 0 Å². The van der Waals surface area contributed by atoms with Crippen molar-refractivity contribution in [2.24, 2.45) is 0 Å². The van der Waals surface area contributed by atoms with Gasteiger partial charge in [-0.2, -0.15) is 0 Å². The molecule has 0 bridgehead atoms. The number of likely N-dealkylation sites (N-methyl/N-ethyl adjacent to an activating group) is 1. The van der Waals surface area contributed by atoms with E-state index in [2.05, 4.69) is 55.8 Å². The van der Waals surface area contributed by atoms with Gasteiger partial charge in [-0.15, -0.1) is 0 Å². The van der Waals surface area contributed by atoms with Gasteiger partial charge in [0.1, 0.15) is 0 Å². The third-order valence-corrected chi connectivity index (χ3v) is 4.34. The molecule has 0 atom stereocenters. The highest BCUT2D eigenvalue weighted by Crippen LogP contribution is 2.25. The van der Waals surface area contributed by atoms with E-state index in [0.29, 0.717) is 5.54 Å². The summed E-state index contributed by atoms with van der Waals surface area (Å²) in [4.78, 5) is 5.11. The van der Waals surface area contributed by atoms with Gasteiger partial charge in [0.15, 0.2) is 0 Å². The molecule has 1 aliphatic carbocycles. The van der Waals surface area contributed by atoms with Crippen molar-refractivity contribution in [2.75, 3.05) is 20.1 Å². The molecular formula is C16H28N2. The highest BCUT2D eigenvalue weighted by Gasteiger charge is 2.28. The minimum absolute atomic E-state index is 0.327. The van der Waals surface area contributed by atoms with Gasteiger partial charge in [-0.25, -0.2) is 0 Å². The first-order valence-electron chi connectivity index (χ1n) is 7.33. The average Bonchev–Trinajstić information content (AvgIpc) is 2.38. The fourth-order valence-corrected chi connectivity index (χ4v) is 3.00. The zero-order chi connectivity index (χ0) is 13.2. The molecule has 2 rings (SSSR count). The molecule has 18 heavy (non-hydrogen) atoms. The summed E-state index contributed by atoms with van der Waals surface area (Å²) in [6.45, 7) is 9.43. The summed E-state index contributed by atoms with van der Waals surface area (Å²) in [5, 5.41) is 0. The molecule has 0 N–H and O–H groups in total. The van der Waals surface area contributed by atoms with Crippen molar-refractivity contribution in [3.8, 4) is 0 Å². The molecule has 0 saturated carbocycles. The van der Waals surface area contributed by atoms with E-state index in [0.717, 1.165) is 6.04 Å². The van der Waals surface area contributed by atoms with Crippen molar-refractivity contribution in [3.05, 3.63) is 23.9 Å². The standard InChI is InChI=1S/C16H28N2/c1-16(2,3)18-12-10-15(11-13-18)17(4)14-8-6-5-7-9-14/h6,8-9,15H,5,7,10-13H2,1-4H3. The first-order valence-corrected chi connectivity index (χ1v) is 7.33. The summed E-state index contributed by atoms with van der Waals surface area (Å²) in [5.41, 5.74) is 1.75. The number of nitrogens with zero attached hydrogens (tertiary/aromatic N) is 2. The van der Waals surface area contributed by atoms with E-state index in [1.54, 1.807) is 0 Å². The summed E-state index contributed by atoms with van der Waals surface area (Å²) >= 11 is 0. The van der Waals surface area contributed by atoms with Gasteiger partial charge in [0, 0.05) is 37.4 Å². The van der Waals surface area contributed by atoms with Gasteiger partial charge >= 0.3 is 0 Å². The molecule has 2 heteroatoms. The molecule has 1 heterocycles. The molecule has 1 saturated heterocycles. The Morgan fingerprint density at radius 1 is 1.17 bits per heavy atom. The van der Waals surface area contributed by atoms with Crippen molar-refractivity contribution >= 4 is 0 Å². The Hall–Kier alpha value is -0.760. The number of hydrogen-bond donors (Lipinski definition) is 0. The van der Waals surface area contributed by atoms with Crippen molar-refractivity contribution < 1.29 is 0 Å². The molecule has 1 aliphatic heterocycles. The SMILES string of the molecule is CN(C1=CCCC=C1)C1CCN(C(C)(C)C)CC1. The Labute approximate surface area is 112 Å². The predicted molar refractivity (Wildman–Crippen MR) is 78.6 cm³/mol. The summed E-state index contributed by atoms with van der Waals surface area (Å²) in [7, 11) is 2.26. The van der Waals surface area contributed by atoms with E-state index in [1.807, 2.05) is 0 Å². The van der Waals surface area contributed by atoms with E-state index >= 15 is 0 Å². The summed E-state index contributed by atoms with van der Waals surface area (Å²) < 4.78 is 0. The number of likely N-dealkylation sites (tertiary alicyclic amines) is 1. The Morgan fingerprint density at radius 3 is 2.33 bits per heavy atom. The van der Waals surface area contributed by atoms with Crippen LogP contribution in [-0.2, 0) is 0 Å². The number of allylic oxidation sites excluding steroid dienone is 3. The smallest absolute Gasteiger partial charge is 0.0322 e. The molecule has 0 aromatic rings. The summed E-state index contributed by atoms with van der Waals surface area (Å²) in [6.07, 6.45) is 12.0. The Balaban J connectivity index is 1.89. The third-order valence-electron chi connectivity index (χ3n) is 4.34. The zero-order valence-electron chi connectivity index (χ0n) is 12.4. The van der Waals surface area contributed by atoms with Crippen LogP contribution in [-0.4, -0.2) is 41.5 Å². The molecule has 1 fully saturated rings. The van der Waals surface area contributed by atoms with Gasteiger partial charge in [0.05, 0.1) is 0 Å². The summed E-state index contributed by atoms with van der Waals surface area (Å²) in [5.74, 6) is 0. The van der Waals surface area contributed by atoms with Crippen LogP contribution in [0, 0.1) is 0 Å². The maximum atomic E-state index is 2.61. The Morgan fingerprint density at radius 2 is 1.83 bits per heavy atom. The highest BCUT2D eigenvalue weighted by atomic mass is 15.2. The van der Waals surface area contributed by atoms with E-state index in [1.165, 1.54) is 44.5 Å². The van der Waals surface area contributed by atoms with Crippen LogP contribution in [0.25, 0.3) is 0 Å². The quantitative estimate of drug-likeness (QED) is 0.739. The largest absolute Gasteiger partial charge is 0.372 e. The fraction of sp³-hybridized carbons (Fsp3) is 0.750. The van der Waals surface area contributed by atoms with Crippen molar-refractivity contribution in [1.29, 1.82) is 0 Å². The van der Waals surface area contributed by atoms with E-state index in [-0.39, 0.29) is 0 Å². The van der Waals surface area contributed by atoms with Gasteiger partial charge in [-0.05, 0) is 52.5 Å². The number of piperidine rings is 1. The van der Waals surface area contributed by atoms with Crippen LogP contribution in [0.2, 0.25) is 0 Å². The van der Waals surface area contributed by atoms with Gasteiger partial charge in [-0.1, -0.05) is 12.2 Å². The van der Waals surface area contributed by atoms with Crippen LogP contribution in [0.1, 0.15) is 46.5 Å². The molecule has 0 radical (unpaired) electrons. The molecule has 2 aliphatic rings. The molecule has 0 spiro atoms. The van der Waals surface area contributed by atoms with E-state index < -0.39 is 0 Å². The van der Waals surface area contributed by atoms with Crippen LogP contribution < -0.4 is 0 Å². The summed E-state index contributed by atoms with van der Waals surface area (Å²) in [6, 6.07) is 0.720. The first kappa shape index (κ1) is 13.7. The third kappa shape index (κ3) is 3.17. The molecule has 0 aromatic carbocycles. The second-order valence-corrected chi connectivity index (χ2v) is 6.61. The highest BCUT2D eigenvalue weighted by molar-refractivity contribution is 5.21. The topological polar surface area (TPSA) is 6.48 Å². The lowest BCUT2D eigenvalue weighted by atomic mass is 9.96. The number of rotatable bonds is 2. The van der Waals surface area contributed by atoms with E-state index in [9.17, 15) is 0 Å². The molecule has 0 unspecified atom stereocenters. The van der Waals surface area contributed by atoms with Crippen molar-refractivity contribution in [2.45, 2.75) is 58.0 Å². The van der Waals surface area contributed by atoms with Gasteiger partial charge in [-0.3, -0.25) is 4.90 Å². The zero-order valence-corrected chi connectivity index (χ0v) is 12.4. The molecule has 2 nitrogen and oxygen atoms in total. The van der Waals surface area contributed by atoms with Crippen LogP contribution in [0.5, 0.6) is 0 Å². The van der Waals surface area contributed by atoms with Crippen molar-refractivity contribution in [1.82, 2.24) is 9.80 Å². The van der Waals surface area contributed by atoms with Crippen molar-refractivity contribution in [3.63, 3.8) is 0 Å². The fourth-order valence-electron chi connectivity index (χ4n) is 3.00. The lowest BCUT2D eigenvalue weighted by Crippen LogP contribution is -2.50. The maximum Gasteiger partial charge on any atom is 0.0322 e. The lowest BCUT2D eigenvalue weighted by molar-refractivity contribution is 0.0755. The normalized spacial score (nSPS) is 23.0. The number of hydrogen-bond acceptors (Lipinski definition) is 2. The second kappa shape index (κ2) is 5.48. The Kier molecular flexibility index (Phi) is 4.16. The van der Waals surface area contributed by atoms with Crippen LogP contribution in [0.4, 0.5) is 0 Å². The lowest BCUT2D eigenvalue weighted by Gasteiger charge is -2.44. The van der Waals surface area contributed by atoms with Crippen LogP contribution >= 0.6 is 0 Å². The monoisotopic (exact) mass is 248 g/mol. The average molecular weight is 248 g/mol. The van der Waals surface area contributed by atoms with Crippen LogP contribution in [0.15, 0.2) is 23.9 Å². The molecule has 0 aromatic heterocycles. The first-order chi connectivity index (χ1) is 8.48. The predicted octanol–water partition coefficient (Wildman–Crippen LogP) is 3.42. The van der Waals surface area contributed by atoms with E-state index in [4.69, 9.17) is 0 Å².